The number of hydrazine groups is 1. The van der Waals surface area contributed by atoms with Gasteiger partial charge in [-0.25, -0.2) is 0 Å². The fourth-order valence-corrected chi connectivity index (χ4v) is 0.780. The van der Waals surface area contributed by atoms with Crippen LogP contribution in [0.4, 0.5) is 0 Å². The molecule has 2 N–H and O–H groups in total. The fraction of sp³-hybridized carbons (Fsp3) is 1.00. The zero-order chi connectivity index (χ0) is 4.95. The second kappa shape index (κ2) is 5.41. The van der Waals surface area contributed by atoms with Crippen LogP contribution in [0.5, 0.6) is 0 Å². The van der Waals surface area contributed by atoms with Crippen LogP contribution in [0.3, 0.4) is 0 Å². The van der Waals surface area contributed by atoms with E-state index >= 15 is 0 Å². The molecule has 0 bridgehead atoms. The van der Waals surface area contributed by atoms with Crippen molar-refractivity contribution in [1.82, 2.24) is 10.9 Å². The Morgan fingerprint density at radius 3 is 1.75 bits per heavy atom. The summed E-state index contributed by atoms with van der Waals surface area (Å²) in [6, 6.07) is 0. The number of hydrogen-bond acceptors (Lipinski definition) is 2. The smallest absolute Gasteiger partial charge is 0.00997 e. The number of nitrogens with one attached hydrogen (secondary N) is 2. The van der Waals surface area contributed by atoms with Crippen molar-refractivity contribution in [3.05, 3.63) is 0 Å². The van der Waals surface area contributed by atoms with Crippen LogP contribution in [-0.4, -0.2) is 13.1 Å². The molecule has 0 amide bonds. The summed E-state index contributed by atoms with van der Waals surface area (Å²) in [5.41, 5.74) is 6.19. The highest BCUT2D eigenvalue weighted by atomic mass is 32.1. The van der Waals surface area contributed by atoms with E-state index in [9.17, 15) is 0 Å². The van der Waals surface area contributed by atoms with Gasteiger partial charge in [-0.15, -0.1) is 0 Å². The predicted octanol–water partition coefficient (Wildman–Crippen LogP) is 0.377. The maximum Gasteiger partial charge on any atom is 0.00997 e. The lowest BCUT2D eigenvalue weighted by molar-refractivity contribution is 0.573. The molecule has 1 aliphatic heterocycles. The molecule has 2 nitrogen and oxygen atoms in total. The second-order valence-electron chi connectivity index (χ2n) is 1.91. The first-order valence-corrected chi connectivity index (χ1v) is 2.96. The average Bonchev–Trinajstić information content (AvgIpc) is 1.90. The molecule has 0 aromatic heterocycles. The Kier molecular flexibility index (Phi) is 5.59. The van der Waals surface area contributed by atoms with Crippen molar-refractivity contribution in [3.63, 3.8) is 0 Å². The van der Waals surface area contributed by atoms with Crippen molar-refractivity contribution in [2.75, 3.05) is 13.1 Å². The summed E-state index contributed by atoms with van der Waals surface area (Å²) in [6.07, 6.45) is 4.03. The molecule has 8 heavy (non-hydrogen) atoms. The molecule has 0 radical (unpaired) electrons. The summed E-state index contributed by atoms with van der Waals surface area (Å²) >= 11 is 0. The van der Waals surface area contributed by atoms with Crippen LogP contribution < -0.4 is 10.9 Å². The second-order valence-corrected chi connectivity index (χ2v) is 1.91. The maximum absolute atomic E-state index is 3.10. The van der Waals surface area contributed by atoms with Gasteiger partial charge in [0.05, 0.1) is 0 Å². The quantitative estimate of drug-likeness (QED) is 0.500. The Hall–Kier alpha value is 0.270. The molecule has 1 aliphatic rings. The lowest BCUT2D eigenvalue weighted by Gasteiger charge is -1.95. The molecular formula is C5H14N2S. The molecule has 0 spiro atoms. The van der Waals surface area contributed by atoms with E-state index in [1.54, 1.807) is 0 Å². The molecule has 0 atom stereocenters. The lowest BCUT2D eigenvalue weighted by atomic mass is 10.2. The summed E-state index contributed by atoms with van der Waals surface area (Å²) < 4.78 is 0. The SMILES string of the molecule is C1CCNNCC1.S. The molecule has 1 rings (SSSR count). The summed E-state index contributed by atoms with van der Waals surface area (Å²) in [7, 11) is 0. The highest BCUT2D eigenvalue weighted by Crippen LogP contribution is 1.93. The van der Waals surface area contributed by atoms with Crippen LogP contribution in [0, 0.1) is 0 Å². The Bertz CT molecular complexity index is 30.0. The van der Waals surface area contributed by atoms with Crippen molar-refractivity contribution in [3.8, 4) is 0 Å². The van der Waals surface area contributed by atoms with E-state index in [1.165, 1.54) is 19.3 Å². The Balaban J connectivity index is 0.000000490. The van der Waals surface area contributed by atoms with Gasteiger partial charge in [0.15, 0.2) is 0 Å². The van der Waals surface area contributed by atoms with Crippen molar-refractivity contribution in [2.24, 2.45) is 0 Å². The Labute approximate surface area is 57.5 Å². The van der Waals surface area contributed by atoms with Crippen molar-refractivity contribution < 1.29 is 0 Å². The lowest BCUT2D eigenvalue weighted by Crippen LogP contribution is -2.30. The predicted molar refractivity (Wildman–Crippen MR) is 40.2 cm³/mol. The topological polar surface area (TPSA) is 24.1 Å². The first kappa shape index (κ1) is 8.27. The van der Waals surface area contributed by atoms with Gasteiger partial charge in [-0.2, -0.15) is 13.5 Å². The third-order valence-electron chi connectivity index (χ3n) is 1.23. The number of rotatable bonds is 0. The molecule has 1 fully saturated rings. The Morgan fingerprint density at radius 1 is 0.750 bits per heavy atom. The average molecular weight is 134 g/mol. The molecule has 50 valence electrons. The third kappa shape index (κ3) is 3.29. The van der Waals surface area contributed by atoms with Crippen LogP contribution in [-0.2, 0) is 0 Å². The van der Waals surface area contributed by atoms with E-state index in [0.29, 0.717) is 0 Å². The monoisotopic (exact) mass is 134 g/mol. The molecule has 0 aromatic carbocycles. The van der Waals surface area contributed by atoms with E-state index in [0.717, 1.165) is 13.1 Å². The van der Waals surface area contributed by atoms with Gasteiger partial charge in [0.2, 0.25) is 0 Å². The van der Waals surface area contributed by atoms with Gasteiger partial charge < -0.3 is 0 Å². The van der Waals surface area contributed by atoms with E-state index in [4.69, 9.17) is 0 Å². The van der Waals surface area contributed by atoms with Crippen molar-refractivity contribution in [2.45, 2.75) is 19.3 Å². The highest BCUT2D eigenvalue weighted by molar-refractivity contribution is 7.59. The minimum Gasteiger partial charge on any atom is -0.258 e. The van der Waals surface area contributed by atoms with Crippen LogP contribution >= 0.6 is 13.5 Å². The largest absolute Gasteiger partial charge is 0.258 e. The molecular weight excluding hydrogens is 120 g/mol. The minimum absolute atomic E-state index is 0. The standard InChI is InChI=1S/C5H12N2.H2S/c1-2-4-6-7-5-3-1;/h6-7H,1-5H2;1H2. The van der Waals surface area contributed by atoms with Crippen LogP contribution in [0.25, 0.3) is 0 Å². The van der Waals surface area contributed by atoms with E-state index in [-0.39, 0.29) is 13.5 Å². The van der Waals surface area contributed by atoms with Crippen LogP contribution in [0.2, 0.25) is 0 Å². The summed E-state index contributed by atoms with van der Waals surface area (Å²) in [5.74, 6) is 0. The minimum atomic E-state index is 0. The molecule has 1 saturated heterocycles. The van der Waals surface area contributed by atoms with Crippen molar-refractivity contribution in [1.29, 1.82) is 0 Å². The molecule has 3 heteroatoms. The van der Waals surface area contributed by atoms with Gasteiger partial charge in [-0.1, -0.05) is 6.42 Å². The zero-order valence-electron chi connectivity index (χ0n) is 5.04. The highest BCUT2D eigenvalue weighted by Gasteiger charge is 1.92. The van der Waals surface area contributed by atoms with Gasteiger partial charge in [0, 0.05) is 13.1 Å². The summed E-state index contributed by atoms with van der Waals surface area (Å²) in [5, 5.41) is 0. The molecule has 0 saturated carbocycles. The van der Waals surface area contributed by atoms with Gasteiger partial charge in [0.25, 0.3) is 0 Å². The first-order valence-electron chi connectivity index (χ1n) is 2.96. The first-order chi connectivity index (χ1) is 3.50. The third-order valence-corrected chi connectivity index (χ3v) is 1.23. The Morgan fingerprint density at radius 2 is 1.25 bits per heavy atom. The van der Waals surface area contributed by atoms with Gasteiger partial charge in [-0.3, -0.25) is 10.9 Å². The molecule has 0 aliphatic carbocycles. The fourth-order valence-electron chi connectivity index (χ4n) is 0.780. The van der Waals surface area contributed by atoms with Crippen molar-refractivity contribution >= 4 is 13.5 Å². The van der Waals surface area contributed by atoms with Gasteiger partial charge in [0.1, 0.15) is 0 Å². The molecule has 0 aromatic rings. The van der Waals surface area contributed by atoms with E-state index in [1.807, 2.05) is 0 Å². The summed E-state index contributed by atoms with van der Waals surface area (Å²) in [6.45, 7) is 2.28. The normalized spacial score (nSPS) is 21.0. The van der Waals surface area contributed by atoms with Crippen LogP contribution in [0.1, 0.15) is 19.3 Å². The zero-order valence-corrected chi connectivity index (χ0v) is 6.04. The van der Waals surface area contributed by atoms with Crippen LogP contribution in [0.15, 0.2) is 0 Å². The molecule has 1 heterocycles. The number of hydrogen-bond donors (Lipinski definition) is 2. The van der Waals surface area contributed by atoms with Gasteiger partial charge >= 0.3 is 0 Å². The molecule has 0 unspecified atom stereocenters. The van der Waals surface area contributed by atoms with Gasteiger partial charge in [-0.05, 0) is 12.8 Å². The summed E-state index contributed by atoms with van der Waals surface area (Å²) in [4.78, 5) is 0. The van der Waals surface area contributed by atoms with E-state index < -0.39 is 0 Å². The maximum atomic E-state index is 3.10. The van der Waals surface area contributed by atoms with E-state index in [2.05, 4.69) is 10.9 Å².